The van der Waals surface area contributed by atoms with Gasteiger partial charge in [-0.25, -0.2) is 0 Å². The van der Waals surface area contributed by atoms with E-state index < -0.39 is 0 Å². The van der Waals surface area contributed by atoms with Gasteiger partial charge in [-0.2, -0.15) is 0 Å². The predicted octanol–water partition coefficient (Wildman–Crippen LogP) is 6.90. The van der Waals surface area contributed by atoms with Crippen molar-refractivity contribution in [3.63, 3.8) is 0 Å². The molecule has 0 aromatic carbocycles. The Bertz CT molecular complexity index is 760. The normalized spacial score (nSPS) is 75.6. The summed E-state index contributed by atoms with van der Waals surface area (Å²) in [6.45, 7) is 30.0. The third kappa shape index (κ3) is 0.882. The van der Waals surface area contributed by atoms with Crippen LogP contribution >= 0.6 is 0 Å². The fourth-order valence-corrected chi connectivity index (χ4v) is 13.9. The van der Waals surface area contributed by atoms with Crippen LogP contribution in [0.5, 0.6) is 0 Å². The van der Waals surface area contributed by atoms with Crippen molar-refractivity contribution in [2.24, 2.45) is 79.3 Å². The van der Waals surface area contributed by atoms with E-state index >= 15 is 0 Å². The summed E-state index contributed by atoms with van der Waals surface area (Å²) in [6, 6.07) is 0. The molecule has 0 heterocycles. The van der Waals surface area contributed by atoms with Gasteiger partial charge in [-0.15, -0.1) is 0 Å². The van der Waals surface area contributed by atoms with Gasteiger partial charge >= 0.3 is 0 Å². The first-order chi connectivity index (χ1) is 11.7. The van der Waals surface area contributed by atoms with Gasteiger partial charge in [0.2, 0.25) is 0 Å². The Morgan fingerprint density at radius 3 is 1.62 bits per heavy atom. The van der Waals surface area contributed by atoms with Crippen LogP contribution in [0.15, 0.2) is 0 Å². The van der Waals surface area contributed by atoms with Crippen molar-refractivity contribution in [1.29, 1.82) is 0 Å². The summed E-state index contributed by atoms with van der Waals surface area (Å²) in [4.78, 5) is 0. The van der Waals surface area contributed by atoms with E-state index in [0.29, 0.717) is 37.9 Å². The first-order valence-electron chi connectivity index (χ1n) is 11.7. The zero-order valence-electron chi connectivity index (χ0n) is 19.2. The molecule has 0 amide bonds. The van der Waals surface area contributed by atoms with Crippen LogP contribution in [-0.2, 0) is 0 Å². The van der Waals surface area contributed by atoms with E-state index in [1.54, 1.807) is 6.42 Å². The zero-order valence-corrected chi connectivity index (χ0v) is 19.2. The molecule has 0 aromatic rings. The minimum absolute atomic E-state index is 0.401. The SMILES string of the molecule is CC1C2CC3C4C5C6C(C)C(C)(C25C)C(C)(C)C6(C)C(C)(C)C4(C)C13C. The van der Waals surface area contributed by atoms with Crippen LogP contribution in [0.25, 0.3) is 0 Å². The van der Waals surface area contributed by atoms with Crippen molar-refractivity contribution in [2.75, 3.05) is 0 Å². The molecule has 146 valence electrons. The van der Waals surface area contributed by atoms with Gasteiger partial charge < -0.3 is 0 Å². The Hall–Kier alpha value is 0. The molecule has 12 atom stereocenters. The second-order valence-electron chi connectivity index (χ2n) is 14.0. The molecule has 12 unspecified atom stereocenters. The molecule has 0 aliphatic heterocycles. The highest BCUT2D eigenvalue weighted by Gasteiger charge is 2.97. The first kappa shape index (κ1) is 16.9. The molecule has 6 aliphatic carbocycles. The molecule has 6 aliphatic rings. The van der Waals surface area contributed by atoms with Crippen molar-refractivity contribution in [2.45, 2.75) is 82.6 Å². The Balaban J connectivity index is 1.80. The molecule has 0 N–H and O–H groups in total. The first-order valence-corrected chi connectivity index (χ1v) is 11.7. The smallest absolute Gasteiger partial charge is 0.0176 e. The van der Waals surface area contributed by atoms with Crippen molar-refractivity contribution in [1.82, 2.24) is 0 Å². The molecule has 4 bridgehead atoms. The monoisotopic (exact) mass is 354 g/mol. The highest BCUT2D eigenvalue weighted by atomic mass is 15.0. The molecule has 0 spiro atoms. The second kappa shape index (κ2) is 3.52. The molecule has 0 nitrogen and oxygen atoms in total. The summed E-state index contributed by atoms with van der Waals surface area (Å²) in [7, 11) is 0. The standard InChI is InChI=1S/C26H42/c1-13-15-12-16-18-19-17-14(2)24(9,23(15,19)8)20(3,4)25(17,10)21(5,6)26(18,11)22(13,16)7/h13-19H,12H2,1-11H3. The number of rotatable bonds is 0. The van der Waals surface area contributed by atoms with Crippen molar-refractivity contribution >= 4 is 0 Å². The largest absolute Gasteiger partial charge is 0.0617 e. The highest BCUT2D eigenvalue weighted by Crippen LogP contribution is 3.01. The molecule has 0 saturated heterocycles. The Kier molecular flexibility index (Phi) is 2.29. The van der Waals surface area contributed by atoms with Gasteiger partial charge in [-0.05, 0) is 85.8 Å². The third-order valence-electron chi connectivity index (χ3n) is 15.7. The number of hydrogen-bond acceptors (Lipinski definition) is 0. The summed E-state index contributed by atoms with van der Waals surface area (Å²) in [5, 5.41) is 0. The van der Waals surface area contributed by atoms with Crippen molar-refractivity contribution in [3.8, 4) is 0 Å². The molecule has 0 heteroatoms. The lowest BCUT2D eigenvalue weighted by atomic mass is 9.19. The number of hydrogen-bond donors (Lipinski definition) is 0. The minimum Gasteiger partial charge on any atom is -0.0617 e. The Labute approximate surface area is 162 Å². The average molecular weight is 355 g/mol. The lowest BCUT2D eigenvalue weighted by molar-refractivity contribution is -0.380. The van der Waals surface area contributed by atoms with Crippen molar-refractivity contribution in [3.05, 3.63) is 0 Å². The molecule has 6 rings (SSSR count). The maximum atomic E-state index is 2.80. The molecular weight excluding hydrogens is 312 g/mol. The van der Waals surface area contributed by atoms with Crippen LogP contribution in [0, 0.1) is 79.3 Å². The van der Waals surface area contributed by atoms with Gasteiger partial charge in [0.05, 0.1) is 0 Å². The average Bonchev–Trinajstić information content (AvgIpc) is 2.91. The predicted molar refractivity (Wildman–Crippen MR) is 108 cm³/mol. The van der Waals surface area contributed by atoms with E-state index in [0.717, 1.165) is 41.4 Å². The van der Waals surface area contributed by atoms with Crippen LogP contribution in [-0.4, -0.2) is 0 Å². The van der Waals surface area contributed by atoms with Crippen LogP contribution in [0.1, 0.15) is 82.6 Å². The summed E-state index contributed by atoms with van der Waals surface area (Å²) in [6.07, 6.45) is 1.54. The lowest BCUT2D eigenvalue weighted by Crippen LogP contribution is -2.81. The van der Waals surface area contributed by atoms with Crippen LogP contribution < -0.4 is 0 Å². The van der Waals surface area contributed by atoms with E-state index in [1.165, 1.54) is 0 Å². The second-order valence-corrected chi connectivity index (χ2v) is 14.0. The summed E-state index contributed by atoms with van der Waals surface area (Å²) >= 11 is 0. The summed E-state index contributed by atoms with van der Waals surface area (Å²) in [5.41, 5.74) is 3.35. The van der Waals surface area contributed by atoms with E-state index in [2.05, 4.69) is 76.2 Å². The van der Waals surface area contributed by atoms with E-state index in [4.69, 9.17) is 0 Å². The van der Waals surface area contributed by atoms with Crippen LogP contribution in [0.2, 0.25) is 0 Å². The molecule has 0 aromatic heterocycles. The topological polar surface area (TPSA) is 0 Å². The maximum Gasteiger partial charge on any atom is -0.0176 e. The fourth-order valence-electron chi connectivity index (χ4n) is 13.9. The fraction of sp³-hybridized carbons (Fsp3) is 1.00. The van der Waals surface area contributed by atoms with Crippen molar-refractivity contribution < 1.29 is 0 Å². The van der Waals surface area contributed by atoms with Gasteiger partial charge in [0.1, 0.15) is 0 Å². The van der Waals surface area contributed by atoms with Crippen LogP contribution in [0.3, 0.4) is 0 Å². The zero-order chi connectivity index (χ0) is 19.2. The van der Waals surface area contributed by atoms with E-state index in [9.17, 15) is 0 Å². The van der Waals surface area contributed by atoms with Gasteiger partial charge in [0, 0.05) is 0 Å². The molecule has 26 heavy (non-hydrogen) atoms. The van der Waals surface area contributed by atoms with Gasteiger partial charge in [-0.3, -0.25) is 0 Å². The molecule has 6 fully saturated rings. The molecule has 6 saturated carbocycles. The molecule has 0 radical (unpaired) electrons. The minimum atomic E-state index is 0.401. The quantitative estimate of drug-likeness (QED) is 0.444. The summed E-state index contributed by atoms with van der Waals surface area (Å²) < 4.78 is 0. The van der Waals surface area contributed by atoms with Gasteiger partial charge in [0.15, 0.2) is 0 Å². The summed E-state index contributed by atoms with van der Waals surface area (Å²) in [5.74, 6) is 6.65. The number of fused-ring (bicyclic) bond motifs is 5. The lowest BCUT2D eigenvalue weighted by Gasteiger charge is -2.85. The highest BCUT2D eigenvalue weighted by molar-refractivity contribution is 5.43. The maximum absolute atomic E-state index is 2.80. The molecular formula is C26H42. The van der Waals surface area contributed by atoms with E-state index in [1.807, 2.05) is 0 Å². The van der Waals surface area contributed by atoms with Gasteiger partial charge in [0.25, 0.3) is 0 Å². The third-order valence-corrected chi connectivity index (χ3v) is 15.7. The van der Waals surface area contributed by atoms with E-state index in [-0.39, 0.29) is 0 Å². The van der Waals surface area contributed by atoms with Crippen LogP contribution in [0.4, 0.5) is 0 Å². The Morgan fingerprint density at radius 1 is 0.500 bits per heavy atom. The van der Waals surface area contributed by atoms with Gasteiger partial charge in [-0.1, -0.05) is 76.2 Å². The Morgan fingerprint density at radius 2 is 1.04 bits per heavy atom.